The van der Waals surface area contributed by atoms with Gasteiger partial charge in [0.1, 0.15) is 4.60 Å². The minimum absolute atomic E-state index is 0.00202. The fourth-order valence-electron chi connectivity index (χ4n) is 2.24. The Balaban J connectivity index is 2.01. The smallest absolute Gasteiger partial charge is 0.456 e. The zero-order valence-electron chi connectivity index (χ0n) is 14.9. The van der Waals surface area contributed by atoms with E-state index in [0.717, 1.165) is 12.4 Å². The van der Waals surface area contributed by atoms with Crippen LogP contribution in [0.25, 0.3) is 16.9 Å². The maximum Gasteiger partial charge on any atom is 0.456 e. The molecule has 0 bridgehead atoms. The number of sulfone groups is 1. The molecule has 0 N–H and O–H groups in total. The second-order valence-electron chi connectivity index (χ2n) is 5.82. The molecule has 0 saturated heterocycles. The van der Waals surface area contributed by atoms with Crippen molar-refractivity contribution in [3.8, 4) is 17.1 Å². The molecule has 0 aliphatic heterocycles. The van der Waals surface area contributed by atoms with Gasteiger partial charge in [-0.25, -0.2) is 27.9 Å². The summed E-state index contributed by atoms with van der Waals surface area (Å²) in [6.45, 7) is -0.569. The highest BCUT2D eigenvalue weighted by molar-refractivity contribution is 9.10. The maximum atomic E-state index is 13.0. The van der Waals surface area contributed by atoms with Crippen LogP contribution in [0.2, 0.25) is 0 Å². The average Bonchev–Trinajstić information content (AvgIpc) is 3.08. The minimum Gasteiger partial charge on any atom is -0.470 e. The summed E-state index contributed by atoms with van der Waals surface area (Å²) >= 11 is 3.22. The highest BCUT2D eigenvalue weighted by Gasteiger charge is 2.58. The number of fused-ring (bicyclic) bond motifs is 1. The summed E-state index contributed by atoms with van der Waals surface area (Å²) in [5.74, 6) is -5.95. The Labute approximate surface area is 174 Å². The van der Waals surface area contributed by atoms with Gasteiger partial charge in [0.05, 0.1) is 29.4 Å². The summed E-state index contributed by atoms with van der Waals surface area (Å²) in [5.41, 5.74) is 0.0679. The van der Waals surface area contributed by atoms with Crippen molar-refractivity contribution >= 4 is 31.4 Å². The van der Waals surface area contributed by atoms with Crippen molar-refractivity contribution in [1.29, 1.82) is 0 Å². The van der Waals surface area contributed by atoms with Crippen LogP contribution in [0.5, 0.6) is 5.88 Å². The number of halogens is 6. The quantitative estimate of drug-likeness (QED) is 0.366. The van der Waals surface area contributed by atoms with Crippen LogP contribution in [0.4, 0.5) is 22.0 Å². The molecule has 0 amide bonds. The summed E-state index contributed by atoms with van der Waals surface area (Å²) in [5, 5.41) is 3.71. The molecule has 3 heterocycles. The van der Waals surface area contributed by atoms with Crippen molar-refractivity contribution in [1.82, 2.24) is 24.6 Å². The highest BCUT2D eigenvalue weighted by atomic mass is 79.9. The normalized spacial score (nSPS) is 13.0. The van der Waals surface area contributed by atoms with Crippen LogP contribution in [0, 0.1) is 0 Å². The molecule has 3 aromatic rings. The molecule has 0 aromatic carbocycles. The molecule has 0 aliphatic rings. The molecule has 162 valence electrons. The predicted octanol–water partition coefficient (Wildman–Crippen LogP) is 3.32. The lowest BCUT2D eigenvalue weighted by Crippen LogP contribution is -2.41. The number of hydrogen-bond donors (Lipinski definition) is 0. The van der Waals surface area contributed by atoms with Gasteiger partial charge in [0.15, 0.2) is 27.1 Å². The van der Waals surface area contributed by atoms with Gasteiger partial charge >= 0.3 is 12.1 Å². The highest BCUT2D eigenvalue weighted by Crippen LogP contribution is 2.36. The van der Waals surface area contributed by atoms with Crippen molar-refractivity contribution < 1.29 is 35.1 Å². The zero-order valence-corrected chi connectivity index (χ0v) is 17.3. The summed E-state index contributed by atoms with van der Waals surface area (Å²) < 4.78 is 93.5. The molecule has 0 fully saturated rings. The van der Waals surface area contributed by atoms with Crippen LogP contribution >= 0.6 is 15.9 Å². The number of hydrogen-bond acceptors (Lipinski definition) is 7. The Bertz CT molecular complexity index is 1180. The van der Waals surface area contributed by atoms with Gasteiger partial charge in [-0.1, -0.05) is 6.92 Å². The molecule has 30 heavy (non-hydrogen) atoms. The Morgan fingerprint density at radius 1 is 1.13 bits per heavy atom. The standard InChI is InChI=1S/C15H11BrF5N5O3S/c1-2-30(27,28)13-11(12-22-4-3-9(16)26(12)25-13)8-5-24-10(6-23-8)29-7-14(17,18)15(19,20)21/h3-6H,2,7H2,1H3. The van der Waals surface area contributed by atoms with Gasteiger partial charge in [0, 0.05) is 6.20 Å². The van der Waals surface area contributed by atoms with Crippen LogP contribution in [0.3, 0.4) is 0 Å². The van der Waals surface area contributed by atoms with Gasteiger partial charge in [0.2, 0.25) is 5.88 Å². The molecular formula is C15H11BrF5N5O3S. The van der Waals surface area contributed by atoms with Crippen molar-refractivity contribution in [3.05, 3.63) is 29.3 Å². The third-order valence-corrected chi connectivity index (χ3v) is 6.05. The second kappa shape index (κ2) is 7.68. The molecule has 8 nitrogen and oxygen atoms in total. The number of ether oxygens (including phenoxy) is 1. The van der Waals surface area contributed by atoms with Crippen molar-refractivity contribution in [2.45, 2.75) is 24.0 Å². The number of aromatic nitrogens is 5. The maximum absolute atomic E-state index is 13.0. The lowest BCUT2D eigenvalue weighted by Gasteiger charge is -2.19. The predicted molar refractivity (Wildman–Crippen MR) is 95.9 cm³/mol. The van der Waals surface area contributed by atoms with E-state index in [-0.39, 0.29) is 27.7 Å². The SMILES string of the molecule is CCS(=O)(=O)c1nn2c(Br)ccnc2c1-c1cnc(OCC(F)(F)C(F)(F)F)cn1. The number of rotatable bonds is 6. The van der Waals surface area contributed by atoms with E-state index in [4.69, 9.17) is 0 Å². The summed E-state index contributed by atoms with van der Waals surface area (Å²) in [7, 11) is -3.83. The van der Waals surface area contributed by atoms with Crippen LogP contribution in [0.1, 0.15) is 6.92 Å². The molecular weight excluding hydrogens is 505 g/mol. The fourth-order valence-corrected chi connectivity index (χ4v) is 3.59. The zero-order chi connectivity index (χ0) is 22.3. The largest absolute Gasteiger partial charge is 0.470 e. The molecule has 3 rings (SSSR count). The third-order valence-electron chi connectivity index (χ3n) is 3.82. The van der Waals surface area contributed by atoms with Crippen LogP contribution < -0.4 is 4.74 Å². The first-order chi connectivity index (χ1) is 13.9. The summed E-state index contributed by atoms with van der Waals surface area (Å²) in [4.78, 5) is 11.6. The van der Waals surface area contributed by atoms with E-state index in [1.54, 1.807) is 0 Å². The lowest BCUT2D eigenvalue weighted by atomic mass is 10.2. The second-order valence-corrected chi connectivity index (χ2v) is 8.82. The average molecular weight is 516 g/mol. The summed E-state index contributed by atoms with van der Waals surface area (Å²) in [6, 6.07) is 1.52. The topological polar surface area (TPSA) is 99.3 Å². The first-order valence-corrected chi connectivity index (χ1v) is 10.5. The number of nitrogens with zero attached hydrogens (tertiary/aromatic N) is 5. The molecule has 0 radical (unpaired) electrons. The van der Waals surface area contributed by atoms with Gasteiger partial charge in [-0.3, -0.25) is 0 Å². The van der Waals surface area contributed by atoms with Crippen molar-refractivity contribution in [2.75, 3.05) is 12.4 Å². The number of alkyl halides is 5. The lowest BCUT2D eigenvalue weighted by molar-refractivity contribution is -0.290. The van der Waals surface area contributed by atoms with Crippen LogP contribution in [0.15, 0.2) is 34.3 Å². The minimum atomic E-state index is -5.78. The van der Waals surface area contributed by atoms with Crippen molar-refractivity contribution in [3.63, 3.8) is 0 Å². The molecule has 0 atom stereocenters. The van der Waals surface area contributed by atoms with Crippen LogP contribution in [-0.4, -0.2) is 57.4 Å². The molecule has 3 aromatic heterocycles. The van der Waals surface area contributed by atoms with E-state index in [1.165, 1.54) is 23.7 Å². The first-order valence-electron chi connectivity index (χ1n) is 8.03. The van der Waals surface area contributed by atoms with Gasteiger partial charge in [-0.15, -0.1) is 0 Å². The fraction of sp³-hybridized carbons (Fsp3) is 0.333. The molecule has 0 unspecified atom stereocenters. The van der Waals surface area contributed by atoms with E-state index in [2.05, 4.69) is 40.7 Å². The van der Waals surface area contributed by atoms with E-state index in [1.807, 2.05) is 0 Å². The Hall–Kier alpha value is -2.42. The van der Waals surface area contributed by atoms with Gasteiger partial charge in [0.25, 0.3) is 0 Å². The Kier molecular flexibility index (Phi) is 5.70. The Morgan fingerprint density at radius 3 is 2.40 bits per heavy atom. The van der Waals surface area contributed by atoms with E-state index in [9.17, 15) is 30.4 Å². The molecule has 0 spiro atoms. The van der Waals surface area contributed by atoms with Gasteiger partial charge in [-0.05, 0) is 22.0 Å². The first kappa shape index (κ1) is 22.3. The molecule has 15 heteroatoms. The van der Waals surface area contributed by atoms with E-state index < -0.39 is 34.4 Å². The van der Waals surface area contributed by atoms with E-state index in [0.29, 0.717) is 4.60 Å². The summed E-state index contributed by atoms with van der Waals surface area (Å²) in [6.07, 6.45) is -2.63. The molecule has 0 aliphatic carbocycles. The van der Waals surface area contributed by atoms with E-state index >= 15 is 0 Å². The van der Waals surface area contributed by atoms with Crippen LogP contribution in [-0.2, 0) is 9.84 Å². The van der Waals surface area contributed by atoms with Gasteiger partial charge < -0.3 is 4.74 Å². The monoisotopic (exact) mass is 515 g/mol. The van der Waals surface area contributed by atoms with Gasteiger partial charge in [-0.2, -0.15) is 27.1 Å². The molecule has 0 saturated carbocycles. The third kappa shape index (κ3) is 4.08. The Morgan fingerprint density at radius 2 is 1.83 bits per heavy atom. The van der Waals surface area contributed by atoms with Crippen molar-refractivity contribution in [2.24, 2.45) is 0 Å².